The van der Waals surface area contributed by atoms with Crippen molar-refractivity contribution in [2.24, 2.45) is 0 Å². The molecule has 22 heavy (non-hydrogen) atoms. The first-order valence-electron chi connectivity index (χ1n) is 6.94. The van der Waals surface area contributed by atoms with E-state index in [4.69, 9.17) is 0 Å². The van der Waals surface area contributed by atoms with Gasteiger partial charge in [0.25, 0.3) is 0 Å². The second kappa shape index (κ2) is 6.62. The number of nitrogens with zero attached hydrogens (tertiary/aromatic N) is 2. The first-order chi connectivity index (χ1) is 10.6. The van der Waals surface area contributed by atoms with E-state index < -0.39 is 5.82 Å². The van der Waals surface area contributed by atoms with Crippen molar-refractivity contribution in [1.29, 1.82) is 0 Å². The van der Waals surface area contributed by atoms with E-state index in [1.54, 1.807) is 19.1 Å². The smallest absolute Gasteiger partial charge is 0.237 e. The molecule has 0 saturated heterocycles. The van der Waals surface area contributed by atoms with Crippen molar-refractivity contribution >= 4 is 39.8 Å². The number of carbonyl (C=O) groups excluding carboxylic acids is 1. The van der Waals surface area contributed by atoms with Gasteiger partial charge in [0.1, 0.15) is 5.82 Å². The van der Waals surface area contributed by atoms with Crippen molar-refractivity contribution in [3.8, 4) is 0 Å². The molecule has 1 fully saturated rings. The number of amides is 1. The highest BCUT2D eigenvalue weighted by Gasteiger charge is 2.23. The van der Waals surface area contributed by atoms with Gasteiger partial charge in [-0.2, -0.15) is 0 Å². The standard InChI is InChI=1S/C14H15FN4OS2/c1-8(12(20)17-11-5-3-2-4-10(11)15)21-14-19-18-13(22-14)16-9-6-7-9/h2-5,8-9H,6-7H2,1H3,(H,16,18)(H,17,20). The quantitative estimate of drug-likeness (QED) is 0.791. The molecule has 1 atom stereocenters. The van der Waals surface area contributed by atoms with Gasteiger partial charge in [0.05, 0.1) is 10.9 Å². The summed E-state index contributed by atoms with van der Waals surface area (Å²) in [6, 6.07) is 6.63. The molecule has 3 rings (SSSR count). The van der Waals surface area contributed by atoms with E-state index in [-0.39, 0.29) is 16.8 Å². The fraction of sp³-hybridized carbons (Fsp3) is 0.357. The summed E-state index contributed by atoms with van der Waals surface area (Å²) in [4.78, 5) is 12.1. The molecule has 0 bridgehead atoms. The molecule has 1 unspecified atom stereocenters. The predicted molar refractivity (Wildman–Crippen MR) is 86.9 cm³/mol. The van der Waals surface area contributed by atoms with Crippen LogP contribution >= 0.6 is 23.1 Å². The van der Waals surface area contributed by atoms with Crippen LogP contribution in [0.2, 0.25) is 0 Å². The maximum absolute atomic E-state index is 13.5. The highest BCUT2D eigenvalue weighted by Crippen LogP contribution is 2.32. The Labute approximate surface area is 135 Å². The van der Waals surface area contributed by atoms with Crippen LogP contribution in [0.5, 0.6) is 0 Å². The summed E-state index contributed by atoms with van der Waals surface area (Å²) in [5.74, 6) is -0.707. The van der Waals surface area contributed by atoms with Gasteiger partial charge >= 0.3 is 0 Å². The van der Waals surface area contributed by atoms with E-state index in [0.717, 1.165) is 9.47 Å². The molecule has 1 heterocycles. The Bertz CT molecular complexity index is 674. The van der Waals surface area contributed by atoms with Crippen LogP contribution in [0.4, 0.5) is 15.2 Å². The summed E-state index contributed by atoms with van der Waals surface area (Å²) in [7, 11) is 0. The Morgan fingerprint density at radius 1 is 1.41 bits per heavy atom. The summed E-state index contributed by atoms with van der Waals surface area (Å²) in [5, 5.41) is 14.4. The number of nitrogens with one attached hydrogen (secondary N) is 2. The lowest BCUT2D eigenvalue weighted by Crippen LogP contribution is -2.22. The summed E-state index contributed by atoms with van der Waals surface area (Å²) in [6.45, 7) is 1.76. The number of para-hydroxylation sites is 1. The van der Waals surface area contributed by atoms with E-state index in [2.05, 4.69) is 20.8 Å². The third-order valence-electron chi connectivity index (χ3n) is 3.09. The average molecular weight is 338 g/mol. The number of hydrogen-bond acceptors (Lipinski definition) is 6. The lowest BCUT2D eigenvalue weighted by molar-refractivity contribution is -0.115. The molecule has 116 valence electrons. The normalized spacial score (nSPS) is 15.4. The van der Waals surface area contributed by atoms with Gasteiger partial charge in [0.2, 0.25) is 11.0 Å². The van der Waals surface area contributed by atoms with E-state index in [1.807, 2.05) is 0 Å². The topological polar surface area (TPSA) is 66.9 Å². The largest absolute Gasteiger partial charge is 0.357 e. The van der Waals surface area contributed by atoms with Gasteiger partial charge in [-0.1, -0.05) is 35.2 Å². The SMILES string of the molecule is CC(Sc1nnc(NC2CC2)s1)C(=O)Nc1ccccc1F. The number of carbonyl (C=O) groups is 1. The zero-order valence-electron chi connectivity index (χ0n) is 11.9. The first kappa shape index (κ1) is 15.2. The molecule has 1 amide bonds. The van der Waals surface area contributed by atoms with Crippen molar-refractivity contribution in [2.45, 2.75) is 35.4 Å². The van der Waals surface area contributed by atoms with Crippen molar-refractivity contribution in [3.05, 3.63) is 30.1 Å². The molecule has 1 aromatic carbocycles. The van der Waals surface area contributed by atoms with Crippen LogP contribution in [0.15, 0.2) is 28.6 Å². The molecule has 0 aliphatic heterocycles. The molecule has 2 N–H and O–H groups in total. The van der Waals surface area contributed by atoms with Crippen molar-refractivity contribution in [1.82, 2.24) is 10.2 Å². The monoisotopic (exact) mass is 338 g/mol. The molecule has 1 saturated carbocycles. The third-order valence-corrected chi connectivity index (χ3v) is 5.13. The maximum atomic E-state index is 13.5. The Morgan fingerprint density at radius 3 is 2.91 bits per heavy atom. The summed E-state index contributed by atoms with van der Waals surface area (Å²) in [6.07, 6.45) is 2.34. The van der Waals surface area contributed by atoms with Crippen LogP contribution in [0.3, 0.4) is 0 Å². The van der Waals surface area contributed by atoms with Gasteiger partial charge in [0.15, 0.2) is 4.34 Å². The zero-order chi connectivity index (χ0) is 15.5. The molecular formula is C14H15FN4OS2. The number of rotatable bonds is 6. The molecule has 0 radical (unpaired) electrons. The fourth-order valence-electron chi connectivity index (χ4n) is 1.72. The summed E-state index contributed by atoms with van der Waals surface area (Å²) < 4.78 is 14.2. The fourth-order valence-corrected chi connectivity index (χ4v) is 3.69. The molecule has 8 heteroatoms. The molecule has 0 spiro atoms. The predicted octanol–water partition coefficient (Wildman–Crippen LogP) is 3.37. The maximum Gasteiger partial charge on any atom is 0.237 e. The minimum Gasteiger partial charge on any atom is -0.357 e. The first-order valence-corrected chi connectivity index (χ1v) is 8.63. The van der Waals surface area contributed by atoms with Gasteiger partial charge in [0, 0.05) is 6.04 Å². The van der Waals surface area contributed by atoms with E-state index in [9.17, 15) is 9.18 Å². The second-order valence-electron chi connectivity index (χ2n) is 5.02. The van der Waals surface area contributed by atoms with Gasteiger partial charge in [-0.3, -0.25) is 4.79 Å². The van der Waals surface area contributed by atoms with E-state index in [1.165, 1.54) is 48.1 Å². The van der Waals surface area contributed by atoms with E-state index in [0.29, 0.717) is 6.04 Å². The Morgan fingerprint density at radius 2 is 2.18 bits per heavy atom. The van der Waals surface area contributed by atoms with Crippen molar-refractivity contribution in [2.75, 3.05) is 10.6 Å². The van der Waals surface area contributed by atoms with Crippen LogP contribution in [-0.4, -0.2) is 27.4 Å². The molecule has 1 aliphatic carbocycles. The Hall–Kier alpha value is -1.67. The number of aromatic nitrogens is 2. The molecular weight excluding hydrogens is 323 g/mol. The van der Waals surface area contributed by atoms with Crippen LogP contribution in [0.1, 0.15) is 19.8 Å². The van der Waals surface area contributed by atoms with E-state index >= 15 is 0 Å². The third kappa shape index (κ3) is 3.95. The average Bonchev–Trinajstić information content (AvgIpc) is 3.20. The second-order valence-corrected chi connectivity index (χ2v) is 7.59. The zero-order valence-corrected chi connectivity index (χ0v) is 13.5. The van der Waals surface area contributed by atoms with Crippen LogP contribution in [0, 0.1) is 5.82 Å². The minimum atomic E-state index is -0.445. The number of halogens is 1. The summed E-state index contributed by atoms with van der Waals surface area (Å²) in [5.41, 5.74) is 0.188. The van der Waals surface area contributed by atoms with Crippen LogP contribution in [-0.2, 0) is 4.79 Å². The van der Waals surface area contributed by atoms with Gasteiger partial charge in [-0.25, -0.2) is 4.39 Å². The summed E-state index contributed by atoms with van der Waals surface area (Å²) >= 11 is 2.75. The number of benzene rings is 1. The molecule has 1 aliphatic rings. The van der Waals surface area contributed by atoms with Gasteiger partial charge in [-0.15, -0.1) is 10.2 Å². The highest BCUT2D eigenvalue weighted by atomic mass is 32.2. The molecule has 2 aromatic rings. The Kier molecular flexibility index (Phi) is 4.58. The number of thioether (sulfide) groups is 1. The van der Waals surface area contributed by atoms with Crippen LogP contribution < -0.4 is 10.6 Å². The lowest BCUT2D eigenvalue weighted by atomic mass is 10.3. The van der Waals surface area contributed by atoms with Gasteiger partial charge < -0.3 is 10.6 Å². The minimum absolute atomic E-state index is 0.188. The molecule has 1 aromatic heterocycles. The Balaban J connectivity index is 1.56. The molecule has 5 nitrogen and oxygen atoms in total. The van der Waals surface area contributed by atoms with Crippen molar-refractivity contribution < 1.29 is 9.18 Å². The number of anilines is 2. The lowest BCUT2D eigenvalue weighted by Gasteiger charge is -2.10. The van der Waals surface area contributed by atoms with Crippen LogP contribution in [0.25, 0.3) is 0 Å². The highest BCUT2D eigenvalue weighted by molar-refractivity contribution is 8.02. The number of hydrogen-bond donors (Lipinski definition) is 2. The van der Waals surface area contributed by atoms with Gasteiger partial charge in [-0.05, 0) is 31.9 Å². The van der Waals surface area contributed by atoms with Crippen molar-refractivity contribution in [3.63, 3.8) is 0 Å².